The Labute approximate surface area is 180 Å². The lowest BCUT2D eigenvalue weighted by molar-refractivity contribution is -0.148. The summed E-state index contributed by atoms with van der Waals surface area (Å²) in [6.07, 6.45) is 0. The summed E-state index contributed by atoms with van der Waals surface area (Å²) in [5, 5.41) is 0.772. The van der Waals surface area contributed by atoms with Crippen LogP contribution in [0, 0.1) is 0 Å². The first-order valence-corrected chi connectivity index (χ1v) is 10.0. The molecule has 0 spiro atoms. The molecule has 0 aliphatic heterocycles. The second-order valence-electron chi connectivity index (χ2n) is 5.94. The minimum absolute atomic E-state index is 0.101. The van der Waals surface area contributed by atoms with Crippen LogP contribution in [0.2, 0.25) is 5.02 Å². The van der Waals surface area contributed by atoms with Gasteiger partial charge in [-0.05, 0) is 59.3 Å². The van der Waals surface area contributed by atoms with Crippen molar-refractivity contribution < 1.29 is 23.4 Å². The first-order chi connectivity index (χ1) is 14.0. The van der Waals surface area contributed by atoms with Gasteiger partial charge in [0.25, 0.3) is 0 Å². The third kappa shape index (κ3) is 5.38. The van der Waals surface area contributed by atoms with Gasteiger partial charge < -0.3 is 18.6 Å². The Kier molecular flexibility index (Phi) is 7.30. The molecule has 0 fully saturated rings. The number of halogens is 2. The molecule has 0 unspecified atom stereocenters. The van der Waals surface area contributed by atoms with Gasteiger partial charge in [-0.15, -0.1) is 0 Å². The summed E-state index contributed by atoms with van der Waals surface area (Å²) in [7, 11) is 0. The molecule has 152 valence electrons. The van der Waals surface area contributed by atoms with E-state index < -0.39 is 5.97 Å². The highest BCUT2D eigenvalue weighted by Gasteiger charge is 2.12. The summed E-state index contributed by atoms with van der Waals surface area (Å²) in [6.45, 7) is 2.50. The van der Waals surface area contributed by atoms with Gasteiger partial charge in [0, 0.05) is 16.1 Å². The van der Waals surface area contributed by atoms with E-state index in [4.69, 9.17) is 30.2 Å². The molecule has 0 radical (unpaired) electrons. The maximum atomic E-state index is 12.4. The summed E-state index contributed by atoms with van der Waals surface area (Å²) >= 11 is 9.60. The molecule has 0 amide bonds. The molecule has 0 bridgehead atoms. The van der Waals surface area contributed by atoms with Gasteiger partial charge in [-0.1, -0.05) is 11.6 Å². The molecule has 0 atom stereocenters. The van der Waals surface area contributed by atoms with Crippen molar-refractivity contribution in [1.82, 2.24) is 0 Å². The number of hydrogen-bond donors (Lipinski definition) is 0. The highest BCUT2D eigenvalue weighted by molar-refractivity contribution is 9.10. The van der Waals surface area contributed by atoms with E-state index in [0.29, 0.717) is 44.1 Å². The molecule has 8 heteroatoms. The lowest BCUT2D eigenvalue weighted by Crippen LogP contribution is -2.15. The van der Waals surface area contributed by atoms with Crippen LogP contribution in [-0.4, -0.2) is 32.4 Å². The van der Waals surface area contributed by atoms with E-state index >= 15 is 0 Å². The van der Waals surface area contributed by atoms with Crippen LogP contribution in [-0.2, 0) is 14.3 Å². The van der Waals surface area contributed by atoms with E-state index in [1.807, 2.05) is 0 Å². The average Bonchev–Trinajstić information content (AvgIpc) is 2.71. The van der Waals surface area contributed by atoms with Crippen molar-refractivity contribution in [3.05, 3.63) is 62.2 Å². The Bertz CT molecular complexity index is 1060. The van der Waals surface area contributed by atoms with Gasteiger partial charge in [0.15, 0.2) is 11.0 Å². The van der Waals surface area contributed by atoms with Crippen LogP contribution in [0.15, 0.2) is 56.1 Å². The van der Waals surface area contributed by atoms with Crippen molar-refractivity contribution >= 4 is 44.5 Å². The highest BCUT2D eigenvalue weighted by atomic mass is 79.9. The van der Waals surface area contributed by atoms with Crippen molar-refractivity contribution in [1.29, 1.82) is 0 Å². The standard InChI is InChI=1S/C21H18BrClO6/c1-2-27-19(25)12-26-9-10-28-14-5-3-13(4-6-14)18-11-17(24)15-7-8-16(22)20(23)21(15)29-18/h3-8,11H,2,9-10,12H2,1H3. The summed E-state index contributed by atoms with van der Waals surface area (Å²) in [6, 6.07) is 11.9. The normalized spacial score (nSPS) is 10.9. The van der Waals surface area contributed by atoms with Gasteiger partial charge in [0.1, 0.15) is 24.7 Å². The largest absolute Gasteiger partial charge is 0.491 e. The van der Waals surface area contributed by atoms with Crippen LogP contribution in [0.5, 0.6) is 5.75 Å². The van der Waals surface area contributed by atoms with Gasteiger partial charge in [-0.25, -0.2) is 4.79 Å². The smallest absolute Gasteiger partial charge is 0.332 e. The minimum atomic E-state index is -0.402. The summed E-state index contributed by atoms with van der Waals surface area (Å²) in [5.74, 6) is 0.630. The molecule has 6 nitrogen and oxygen atoms in total. The number of ether oxygens (including phenoxy) is 3. The zero-order valence-corrected chi connectivity index (χ0v) is 17.9. The second-order valence-corrected chi connectivity index (χ2v) is 7.18. The Balaban J connectivity index is 1.65. The van der Waals surface area contributed by atoms with E-state index in [9.17, 15) is 9.59 Å². The van der Waals surface area contributed by atoms with Crippen LogP contribution < -0.4 is 10.2 Å². The van der Waals surface area contributed by atoms with E-state index in [0.717, 1.165) is 0 Å². The quantitative estimate of drug-likeness (QED) is 0.339. The molecule has 3 aromatic rings. The molecule has 2 aromatic carbocycles. The van der Waals surface area contributed by atoms with Gasteiger partial charge in [0.2, 0.25) is 0 Å². The van der Waals surface area contributed by atoms with Crippen LogP contribution in [0.3, 0.4) is 0 Å². The molecule has 0 saturated carbocycles. The number of rotatable bonds is 8. The van der Waals surface area contributed by atoms with Gasteiger partial charge >= 0.3 is 5.97 Å². The van der Waals surface area contributed by atoms with Crippen molar-refractivity contribution in [2.24, 2.45) is 0 Å². The topological polar surface area (TPSA) is 75.0 Å². The van der Waals surface area contributed by atoms with Gasteiger partial charge in [-0.3, -0.25) is 4.79 Å². The van der Waals surface area contributed by atoms with Gasteiger partial charge in [-0.2, -0.15) is 0 Å². The average molecular weight is 482 g/mol. The van der Waals surface area contributed by atoms with Crippen LogP contribution >= 0.6 is 27.5 Å². The fourth-order valence-electron chi connectivity index (χ4n) is 2.60. The predicted molar refractivity (Wildman–Crippen MR) is 114 cm³/mol. The van der Waals surface area contributed by atoms with E-state index in [2.05, 4.69) is 15.9 Å². The Morgan fingerprint density at radius 3 is 2.62 bits per heavy atom. The predicted octanol–water partition coefficient (Wildman–Crippen LogP) is 4.83. The van der Waals surface area contributed by atoms with Crippen molar-refractivity contribution in [3.63, 3.8) is 0 Å². The molecule has 1 aromatic heterocycles. The lowest BCUT2D eigenvalue weighted by atomic mass is 10.1. The minimum Gasteiger partial charge on any atom is -0.491 e. The Hall–Kier alpha value is -2.35. The lowest BCUT2D eigenvalue weighted by Gasteiger charge is -2.09. The first-order valence-electron chi connectivity index (χ1n) is 8.88. The zero-order valence-electron chi connectivity index (χ0n) is 15.6. The van der Waals surface area contributed by atoms with Crippen LogP contribution in [0.4, 0.5) is 0 Å². The molecule has 0 aliphatic rings. The second kappa shape index (κ2) is 9.91. The highest BCUT2D eigenvalue weighted by Crippen LogP contribution is 2.32. The van der Waals surface area contributed by atoms with Crippen molar-refractivity contribution in [2.75, 3.05) is 26.4 Å². The van der Waals surface area contributed by atoms with E-state index in [-0.39, 0.29) is 25.2 Å². The van der Waals surface area contributed by atoms with E-state index in [1.54, 1.807) is 43.3 Å². The number of carbonyl (C=O) groups is 1. The third-order valence-electron chi connectivity index (χ3n) is 3.95. The maximum Gasteiger partial charge on any atom is 0.332 e. The Morgan fingerprint density at radius 1 is 1.14 bits per heavy atom. The SMILES string of the molecule is CCOC(=O)COCCOc1ccc(-c2cc(=O)c3ccc(Br)c(Cl)c3o2)cc1. The van der Waals surface area contributed by atoms with Crippen LogP contribution in [0.1, 0.15) is 6.92 Å². The molecular formula is C21H18BrClO6. The number of fused-ring (bicyclic) bond motifs is 1. The molecule has 0 N–H and O–H groups in total. The van der Waals surface area contributed by atoms with Crippen molar-refractivity contribution in [3.8, 4) is 17.1 Å². The number of esters is 1. The summed E-state index contributed by atoms with van der Waals surface area (Å²) in [5.41, 5.74) is 0.878. The summed E-state index contributed by atoms with van der Waals surface area (Å²) < 4.78 is 22.0. The molecule has 3 rings (SSSR count). The number of benzene rings is 2. The zero-order chi connectivity index (χ0) is 20.8. The maximum absolute atomic E-state index is 12.4. The molecule has 1 heterocycles. The van der Waals surface area contributed by atoms with Gasteiger partial charge in [0.05, 0.1) is 23.6 Å². The first kappa shape index (κ1) is 21.4. The monoisotopic (exact) mass is 480 g/mol. The fourth-order valence-corrected chi connectivity index (χ4v) is 3.11. The van der Waals surface area contributed by atoms with Crippen molar-refractivity contribution in [2.45, 2.75) is 6.92 Å². The fraction of sp³-hybridized carbons (Fsp3) is 0.238. The van der Waals surface area contributed by atoms with E-state index in [1.165, 1.54) is 6.07 Å². The Morgan fingerprint density at radius 2 is 1.90 bits per heavy atom. The third-order valence-corrected chi connectivity index (χ3v) is 5.21. The molecule has 0 aliphatic carbocycles. The number of hydrogen-bond acceptors (Lipinski definition) is 6. The number of carbonyl (C=O) groups excluding carboxylic acids is 1. The molecule has 0 saturated heterocycles. The molecular weight excluding hydrogens is 464 g/mol. The summed E-state index contributed by atoms with van der Waals surface area (Å²) in [4.78, 5) is 23.6. The van der Waals surface area contributed by atoms with Crippen LogP contribution in [0.25, 0.3) is 22.3 Å². The molecule has 29 heavy (non-hydrogen) atoms.